The lowest BCUT2D eigenvalue weighted by molar-refractivity contribution is 0.125. The quantitative estimate of drug-likeness (QED) is 0.903. The number of pyridine rings is 1. The van der Waals surface area contributed by atoms with E-state index in [0.29, 0.717) is 29.5 Å². The molecule has 2 aromatic rings. The number of benzene rings is 1. The second-order valence-corrected chi connectivity index (χ2v) is 5.75. The number of anilines is 2. The van der Waals surface area contributed by atoms with Gasteiger partial charge in [-0.05, 0) is 39.0 Å². The van der Waals surface area contributed by atoms with Crippen LogP contribution < -0.4 is 15.8 Å². The molecule has 3 N–H and O–H groups in total. The van der Waals surface area contributed by atoms with Crippen LogP contribution in [0, 0.1) is 5.82 Å². The minimum atomic E-state index is -0.384. The summed E-state index contributed by atoms with van der Waals surface area (Å²) >= 11 is 0. The number of nitrogens with zero attached hydrogens (tertiary/aromatic N) is 1. The summed E-state index contributed by atoms with van der Waals surface area (Å²) in [7, 11) is 0. The molecule has 21 heavy (non-hydrogen) atoms. The van der Waals surface area contributed by atoms with Crippen molar-refractivity contribution >= 4 is 11.5 Å². The second kappa shape index (κ2) is 5.99. The van der Waals surface area contributed by atoms with Gasteiger partial charge in [-0.1, -0.05) is 18.2 Å². The van der Waals surface area contributed by atoms with Gasteiger partial charge in [0.1, 0.15) is 17.2 Å². The Morgan fingerprint density at radius 2 is 1.90 bits per heavy atom. The van der Waals surface area contributed by atoms with Gasteiger partial charge in [0.2, 0.25) is 5.88 Å². The summed E-state index contributed by atoms with van der Waals surface area (Å²) < 4.78 is 19.3. The Morgan fingerprint density at radius 1 is 1.19 bits per heavy atom. The lowest BCUT2D eigenvalue weighted by atomic mass is 10.2. The van der Waals surface area contributed by atoms with Crippen molar-refractivity contribution in [2.45, 2.75) is 32.9 Å². The highest BCUT2D eigenvalue weighted by Crippen LogP contribution is 2.25. The molecular formula is C16H20FN3O. The lowest BCUT2D eigenvalue weighted by Crippen LogP contribution is -2.24. The van der Waals surface area contributed by atoms with Crippen LogP contribution in [0.3, 0.4) is 0 Å². The molecule has 5 heteroatoms. The summed E-state index contributed by atoms with van der Waals surface area (Å²) in [6.45, 7) is 6.12. The van der Waals surface area contributed by atoms with Crippen LogP contribution in [0.4, 0.5) is 15.9 Å². The smallest absolute Gasteiger partial charge is 0.239 e. The molecule has 4 nitrogen and oxygen atoms in total. The monoisotopic (exact) mass is 289 g/mol. The first-order valence-corrected chi connectivity index (χ1v) is 6.78. The Hall–Kier alpha value is -2.30. The van der Waals surface area contributed by atoms with Crippen LogP contribution in [-0.2, 0) is 6.54 Å². The van der Waals surface area contributed by atoms with Crippen molar-refractivity contribution in [3.63, 3.8) is 0 Å². The highest BCUT2D eigenvalue weighted by atomic mass is 19.1. The van der Waals surface area contributed by atoms with Gasteiger partial charge in [-0.25, -0.2) is 4.39 Å². The van der Waals surface area contributed by atoms with Crippen molar-refractivity contribution in [1.82, 2.24) is 4.98 Å². The van der Waals surface area contributed by atoms with Crippen molar-refractivity contribution in [3.8, 4) is 5.88 Å². The third-order valence-electron chi connectivity index (χ3n) is 2.71. The van der Waals surface area contributed by atoms with Crippen molar-refractivity contribution in [2.24, 2.45) is 0 Å². The predicted octanol–water partition coefficient (Wildman–Crippen LogP) is 3.59. The molecule has 0 aliphatic carbocycles. The topological polar surface area (TPSA) is 60.2 Å². The highest BCUT2D eigenvalue weighted by molar-refractivity contribution is 5.54. The van der Waals surface area contributed by atoms with E-state index in [2.05, 4.69) is 10.3 Å². The van der Waals surface area contributed by atoms with Crippen LogP contribution in [-0.4, -0.2) is 10.6 Å². The minimum absolute atomic E-state index is 0.244. The maximum atomic E-state index is 13.6. The van der Waals surface area contributed by atoms with Gasteiger partial charge in [-0.15, -0.1) is 0 Å². The molecular weight excluding hydrogens is 269 g/mol. The first-order valence-electron chi connectivity index (χ1n) is 6.78. The second-order valence-electron chi connectivity index (χ2n) is 5.75. The molecule has 0 fully saturated rings. The first-order chi connectivity index (χ1) is 9.85. The van der Waals surface area contributed by atoms with Gasteiger partial charge in [0.25, 0.3) is 0 Å². The molecule has 0 saturated carbocycles. The molecule has 0 amide bonds. The number of halogens is 1. The Balaban J connectivity index is 2.11. The van der Waals surface area contributed by atoms with Crippen molar-refractivity contribution in [2.75, 3.05) is 11.1 Å². The van der Waals surface area contributed by atoms with E-state index in [0.717, 1.165) is 0 Å². The molecule has 0 aliphatic rings. The molecule has 1 aromatic heterocycles. The summed E-state index contributed by atoms with van der Waals surface area (Å²) in [5, 5.41) is 3.07. The van der Waals surface area contributed by atoms with Crippen LogP contribution in [0.1, 0.15) is 26.3 Å². The van der Waals surface area contributed by atoms with Crippen LogP contribution >= 0.6 is 0 Å². The van der Waals surface area contributed by atoms with E-state index < -0.39 is 0 Å². The highest BCUT2D eigenvalue weighted by Gasteiger charge is 2.15. The normalized spacial score (nSPS) is 11.2. The maximum Gasteiger partial charge on any atom is 0.239 e. The molecule has 0 bridgehead atoms. The Labute approximate surface area is 124 Å². The number of aromatic nitrogens is 1. The average molecular weight is 289 g/mol. The van der Waals surface area contributed by atoms with E-state index in [1.54, 1.807) is 30.3 Å². The average Bonchev–Trinajstić information content (AvgIpc) is 2.39. The summed E-state index contributed by atoms with van der Waals surface area (Å²) in [4.78, 5) is 4.32. The number of nitrogen functional groups attached to an aromatic ring is 1. The lowest BCUT2D eigenvalue weighted by Gasteiger charge is -2.21. The fourth-order valence-corrected chi connectivity index (χ4v) is 1.75. The first kappa shape index (κ1) is 15.1. The number of nitrogens with one attached hydrogen (secondary N) is 1. The molecule has 0 unspecified atom stereocenters. The number of hydrogen-bond donors (Lipinski definition) is 2. The fourth-order valence-electron chi connectivity index (χ4n) is 1.75. The van der Waals surface area contributed by atoms with E-state index in [9.17, 15) is 4.39 Å². The molecule has 1 heterocycles. The molecule has 0 atom stereocenters. The van der Waals surface area contributed by atoms with Gasteiger partial charge in [0.15, 0.2) is 0 Å². The Bertz CT molecular complexity index is 623. The van der Waals surface area contributed by atoms with E-state index in [4.69, 9.17) is 10.5 Å². The van der Waals surface area contributed by atoms with E-state index >= 15 is 0 Å². The number of hydrogen-bond acceptors (Lipinski definition) is 4. The van der Waals surface area contributed by atoms with Gasteiger partial charge in [0.05, 0.1) is 5.69 Å². The fraction of sp³-hybridized carbons (Fsp3) is 0.312. The molecule has 0 saturated heterocycles. The zero-order valence-corrected chi connectivity index (χ0v) is 12.5. The number of nitrogens with two attached hydrogens (primary N) is 1. The number of ether oxygens (including phenoxy) is 1. The maximum absolute atomic E-state index is 13.6. The van der Waals surface area contributed by atoms with Crippen LogP contribution in [0.25, 0.3) is 0 Å². The van der Waals surface area contributed by atoms with Crippen LogP contribution in [0.5, 0.6) is 5.88 Å². The van der Waals surface area contributed by atoms with E-state index in [-0.39, 0.29) is 11.4 Å². The van der Waals surface area contributed by atoms with Crippen molar-refractivity contribution < 1.29 is 9.13 Å². The Morgan fingerprint density at radius 3 is 2.57 bits per heavy atom. The predicted molar refractivity (Wildman–Crippen MR) is 82.8 cm³/mol. The summed E-state index contributed by atoms with van der Waals surface area (Å²) in [6, 6.07) is 10.1. The van der Waals surface area contributed by atoms with Crippen molar-refractivity contribution in [3.05, 3.63) is 47.8 Å². The molecule has 2 rings (SSSR count). The van der Waals surface area contributed by atoms with Crippen LogP contribution in [0.15, 0.2) is 36.4 Å². The zero-order chi connectivity index (χ0) is 15.5. The van der Waals surface area contributed by atoms with Gasteiger partial charge in [0, 0.05) is 12.1 Å². The third-order valence-corrected chi connectivity index (χ3v) is 2.71. The molecule has 0 spiro atoms. The minimum Gasteiger partial charge on any atom is -0.470 e. The zero-order valence-electron chi connectivity index (χ0n) is 12.5. The summed E-state index contributed by atoms with van der Waals surface area (Å²) in [5.74, 6) is 0.722. The van der Waals surface area contributed by atoms with Gasteiger partial charge in [-0.2, -0.15) is 4.98 Å². The molecule has 0 radical (unpaired) electrons. The van der Waals surface area contributed by atoms with E-state index in [1.165, 1.54) is 6.07 Å². The van der Waals surface area contributed by atoms with E-state index in [1.807, 2.05) is 20.8 Å². The third kappa shape index (κ3) is 4.34. The van der Waals surface area contributed by atoms with Crippen molar-refractivity contribution in [1.29, 1.82) is 0 Å². The number of rotatable bonds is 4. The van der Waals surface area contributed by atoms with Gasteiger partial charge >= 0.3 is 0 Å². The van der Waals surface area contributed by atoms with Gasteiger partial charge < -0.3 is 15.8 Å². The largest absolute Gasteiger partial charge is 0.470 e. The molecule has 112 valence electrons. The van der Waals surface area contributed by atoms with Gasteiger partial charge in [-0.3, -0.25) is 0 Å². The van der Waals surface area contributed by atoms with Crippen LogP contribution in [0.2, 0.25) is 0 Å². The standard InChI is InChI=1S/C16H20FN3O/c1-16(2,3)21-15-13(18)8-9-14(20-15)19-10-11-6-4-5-7-12(11)17/h4-9H,10,18H2,1-3H3,(H,19,20). The molecule has 1 aromatic carbocycles. The SMILES string of the molecule is CC(C)(C)Oc1nc(NCc2ccccc2F)ccc1N. The molecule has 0 aliphatic heterocycles. The Kier molecular flexibility index (Phi) is 4.31. The summed E-state index contributed by atoms with van der Waals surface area (Å²) in [5.41, 5.74) is 6.52. The summed E-state index contributed by atoms with van der Waals surface area (Å²) in [6.07, 6.45) is 0.